The summed E-state index contributed by atoms with van der Waals surface area (Å²) in [5.74, 6) is -1.15. The Morgan fingerprint density at radius 3 is 2.32 bits per heavy atom. The van der Waals surface area contributed by atoms with Crippen LogP contribution in [0.4, 0.5) is 10.8 Å². The quantitative estimate of drug-likeness (QED) is 0.106. The van der Waals surface area contributed by atoms with Crippen molar-refractivity contribution in [3.8, 4) is 11.3 Å². The first-order valence-electron chi connectivity index (χ1n) is 13.6. The Morgan fingerprint density at radius 1 is 0.864 bits per heavy atom. The average Bonchev–Trinajstić information content (AvgIpc) is 3.51. The lowest BCUT2D eigenvalue weighted by molar-refractivity contribution is -0.115. The Balaban J connectivity index is 1.26. The van der Waals surface area contributed by atoms with Crippen LogP contribution in [0.25, 0.3) is 17.3 Å². The molecule has 3 amide bonds. The monoisotopic (exact) mass is 638 g/mol. The molecule has 1 unspecified atom stereocenters. The molecule has 4 aromatic carbocycles. The molecule has 0 saturated carbocycles. The summed E-state index contributed by atoms with van der Waals surface area (Å²) in [6, 6.07) is 32.6. The van der Waals surface area contributed by atoms with Crippen molar-refractivity contribution < 1.29 is 14.4 Å². The molecule has 5 rings (SSSR count). The predicted molar refractivity (Wildman–Crippen MR) is 180 cm³/mol. The van der Waals surface area contributed by atoms with Gasteiger partial charge in [0, 0.05) is 32.1 Å². The molecule has 3 N–H and O–H groups in total. The molecule has 220 valence electrons. The van der Waals surface area contributed by atoms with Gasteiger partial charge in [0.15, 0.2) is 5.13 Å². The van der Waals surface area contributed by atoms with E-state index in [0.29, 0.717) is 27.0 Å². The summed E-state index contributed by atoms with van der Waals surface area (Å²) in [7, 11) is 0. The van der Waals surface area contributed by atoms with Crippen molar-refractivity contribution in [3.63, 3.8) is 0 Å². The van der Waals surface area contributed by atoms with E-state index < -0.39 is 17.1 Å². The third-order valence-corrected chi connectivity index (χ3v) is 8.51. The second-order valence-electron chi connectivity index (χ2n) is 9.53. The van der Waals surface area contributed by atoms with Gasteiger partial charge in [0.05, 0.1) is 10.9 Å². The third kappa shape index (κ3) is 8.23. The van der Waals surface area contributed by atoms with Crippen LogP contribution in [0.5, 0.6) is 0 Å². The number of hydrogen-bond donors (Lipinski definition) is 3. The number of aromatic nitrogens is 1. The maximum absolute atomic E-state index is 13.4. The molecule has 0 aliphatic heterocycles. The van der Waals surface area contributed by atoms with Crippen molar-refractivity contribution in [2.24, 2.45) is 0 Å². The van der Waals surface area contributed by atoms with Crippen LogP contribution in [0.3, 0.4) is 0 Å². The molecule has 10 heteroatoms. The number of anilines is 2. The van der Waals surface area contributed by atoms with E-state index in [1.807, 2.05) is 41.8 Å². The number of thioether (sulfide) groups is 1. The summed E-state index contributed by atoms with van der Waals surface area (Å²) in [5, 5.41) is 10.9. The van der Waals surface area contributed by atoms with E-state index in [2.05, 4.69) is 20.9 Å². The Morgan fingerprint density at radius 2 is 1.57 bits per heavy atom. The zero-order chi connectivity index (χ0) is 30.9. The first-order valence-corrected chi connectivity index (χ1v) is 15.7. The molecular formula is C34H27ClN4O3S2. The Bertz CT molecular complexity index is 1810. The molecule has 1 aromatic heterocycles. The Kier molecular flexibility index (Phi) is 10.2. The lowest BCUT2D eigenvalue weighted by atomic mass is 10.1. The Labute approximate surface area is 268 Å². The first-order chi connectivity index (χ1) is 21.4. The van der Waals surface area contributed by atoms with E-state index >= 15 is 0 Å². The minimum Gasteiger partial charge on any atom is -0.321 e. The van der Waals surface area contributed by atoms with Crippen molar-refractivity contribution >= 4 is 69.3 Å². The van der Waals surface area contributed by atoms with Gasteiger partial charge in [-0.3, -0.25) is 14.4 Å². The lowest BCUT2D eigenvalue weighted by Gasteiger charge is -2.14. The molecule has 0 radical (unpaired) electrons. The van der Waals surface area contributed by atoms with Crippen LogP contribution in [0.2, 0.25) is 5.02 Å². The highest BCUT2D eigenvalue weighted by molar-refractivity contribution is 8.00. The van der Waals surface area contributed by atoms with Crippen LogP contribution in [0.1, 0.15) is 22.8 Å². The van der Waals surface area contributed by atoms with Gasteiger partial charge in [0.1, 0.15) is 5.70 Å². The number of amides is 3. The van der Waals surface area contributed by atoms with Crippen LogP contribution in [0.15, 0.2) is 125 Å². The number of hydrogen-bond acceptors (Lipinski definition) is 6. The number of carbonyl (C=O) groups excluding carboxylic acids is 3. The smallest absolute Gasteiger partial charge is 0.272 e. The van der Waals surface area contributed by atoms with Gasteiger partial charge in [-0.15, -0.1) is 23.1 Å². The summed E-state index contributed by atoms with van der Waals surface area (Å²) in [6.07, 6.45) is 1.53. The zero-order valence-corrected chi connectivity index (χ0v) is 25.9. The highest BCUT2D eigenvalue weighted by Gasteiger charge is 2.19. The Hall–Kier alpha value is -4.70. The molecule has 1 atom stereocenters. The molecular weight excluding hydrogens is 612 g/mol. The number of halogens is 1. The SMILES string of the molecule is CC(Sc1cccc(NC(=O)/C(=C\c2ccccc2Cl)NC(=O)c2ccccc2)c1)C(=O)Nc1nc(-c2ccccc2)cs1. The maximum atomic E-state index is 13.4. The van der Waals surface area contributed by atoms with E-state index in [1.54, 1.807) is 79.7 Å². The highest BCUT2D eigenvalue weighted by atomic mass is 35.5. The number of nitrogens with zero attached hydrogens (tertiary/aromatic N) is 1. The van der Waals surface area contributed by atoms with Crippen LogP contribution < -0.4 is 16.0 Å². The van der Waals surface area contributed by atoms with Gasteiger partial charge in [0.25, 0.3) is 11.8 Å². The van der Waals surface area contributed by atoms with Gasteiger partial charge in [-0.1, -0.05) is 84.4 Å². The molecule has 44 heavy (non-hydrogen) atoms. The second-order valence-corrected chi connectivity index (χ2v) is 12.2. The van der Waals surface area contributed by atoms with Crippen LogP contribution in [-0.4, -0.2) is 28.0 Å². The van der Waals surface area contributed by atoms with Gasteiger partial charge >= 0.3 is 0 Å². The van der Waals surface area contributed by atoms with Gasteiger partial charge in [-0.05, 0) is 55.0 Å². The van der Waals surface area contributed by atoms with Gasteiger partial charge in [-0.25, -0.2) is 4.98 Å². The van der Waals surface area contributed by atoms with Crippen LogP contribution in [-0.2, 0) is 9.59 Å². The molecule has 0 bridgehead atoms. The predicted octanol–water partition coefficient (Wildman–Crippen LogP) is 7.99. The van der Waals surface area contributed by atoms with E-state index in [4.69, 9.17) is 11.6 Å². The fraction of sp³-hybridized carbons (Fsp3) is 0.0588. The van der Waals surface area contributed by atoms with Crippen molar-refractivity contribution in [1.82, 2.24) is 10.3 Å². The fourth-order valence-electron chi connectivity index (χ4n) is 4.07. The number of thiazole rings is 1. The molecule has 5 aromatic rings. The molecule has 1 heterocycles. The normalized spacial score (nSPS) is 11.8. The van der Waals surface area contributed by atoms with Crippen molar-refractivity contribution in [2.75, 3.05) is 10.6 Å². The van der Waals surface area contributed by atoms with E-state index in [0.717, 1.165) is 16.2 Å². The van der Waals surface area contributed by atoms with Gasteiger partial charge in [-0.2, -0.15) is 0 Å². The van der Waals surface area contributed by atoms with Crippen LogP contribution >= 0.6 is 34.7 Å². The van der Waals surface area contributed by atoms with E-state index in [9.17, 15) is 14.4 Å². The molecule has 0 spiro atoms. The molecule has 0 aliphatic carbocycles. The minimum absolute atomic E-state index is 0.0241. The number of benzene rings is 4. The highest BCUT2D eigenvalue weighted by Crippen LogP contribution is 2.29. The van der Waals surface area contributed by atoms with Crippen molar-refractivity contribution in [1.29, 1.82) is 0 Å². The van der Waals surface area contributed by atoms with Crippen molar-refractivity contribution in [3.05, 3.63) is 136 Å². The summed E-state index contributed by atoms with van der Waals surface area (Å²) in [6.45, 7) is 1.81. The van der Waals surface area contributed by atoms with E-state index in [-0.39, 0.29) is 11.6 Å². The zero-order valence-electron chi connectivity index (χ0n) is 23.5. The first kappa shape index (κ1) is 30.7. The average molecular weight is 639 g/mol. The second kappa shape index (κ2) is 14.7. The molecule has 0 saturated heterocycles. The number of carbonyl (C=O) groups is 3. The third-order valence-electron chi connectivity index (χ3n) is 6.31. The molecule has 0 aliphatic rings. The number of rotatable bonds is 10. The summed E-state index contributed by atoms with van der Waals surface area (Å²) in [4.78, 5) is 44.6. The summed E-state index contributed by atoms with van der Waals surface area (Å²) >= 11 is 9.05. The molecule has 7 nitrogen and oxygen atoms in total. The van der Waals surface area contributed by atoms with E-state index in [1.165, 1.54) is 29.2 Å². The fourth-order valence-corrected chi connectivity index (χ4v) is 5.91. The van der Waals surface area contributed by atoms with Crippen molar-refractivity contribution in [2.45, 2.75) is 17.1 Å². The van der Waals surface area contributed by atoms with Crippen LogP contribution in [0, 0.1) is 0 Å². The minimum atomic E-state index is -0.528. The summed E-state index contributed by atoms with van der Waals surface area (Å²) < 4.78 is 0. The van der Waals surface area contributed by atoms with Gasteiger partial charge in [0.2, 0.25) is 5.91 Å². The lowest BCUT2D eigenvalue weighted by Crippen LogP contribution is -2.30. The standard InChI is InChI=1S/C34H27ClN4O3S2/c1-22(31(40)39-34-38-30(21-43-34)23-11-4-2-5-12-23)44-27-17-10-16-26(20-27)36-33(42)29(19-25-15-8-9-18-28(25)35)37-32(41)24-13-6-3-7-14-24/h2-22H,1H3,(H,36,42)(H,37,41)(H,38,39,40)/b29-19+. The van der Waals surface area contributed by atoms with Gasteiger partial charge < -0.3 is 16.0 Å². The topological polar surface area (TPSA) is 100 Å². The molecule has 0 fully saturated rings. The number of nitrogens with one attached hydrogen (secondary N) is 3. The largest absolute Gasteiger partial charge is 0.321 e. The summed E-state index contributed by atoms with van der Waals surface area (Å²) in [5.41, 5.74) is 3.29. The maximum Gasteiger partial charge on any atom is 0.272 e.